The van der Waals surface area contributed by atoms with Gasteiger partial charge >= 0.3 is 0 Å². The van der Waals surface area contributed by atoms with Crippen molar-refractivity contribution in [2.75, 3.05) is 16.6 Å². The minimum absolute atomic E-state index is 0.136. The van der Waals surface area contributed by atoms with Gasteiger partial charge in [-0.3, -0.25) is 14.1 Å². The van der Waals surface area contributed by atoms with Gasteiger partial charge in [-0.2, -0.15) is 0 Å². The summed E-state index contributed by atoms with van der Waals surface area (Å²) in [5.74, 6) is -2.33. The molecule has 0 saturated carbocycles. The second kappa shape index (κ2) is 7.66. The number of Topliss-reactive ketones (excluding diaryl/α,β-unsaturated/α-hetero) is 1. The normalized spacial score (nSPS) is 11.4. The van der Waals surface area contributed by atoms with Crippen LogP contribution in [-0.4, -0.2) is 31.5 Å². The van der Waals surface area contributed by atoms with E-state index in [1.807, 2.05) is 0 Å². The van der Waals surface area contributed by atoms with E-state index in [0.717, 1.165) is 16.4 Å². The minimum atomic E-state index is -3.80. The Morgan fingerprint density at radius 2 is 1.84 bits per heavy atom. The molecule has 0 fully saturated rings. The Morgan fingerprint density at radius 3 is 2.32 bits per heavy atom. The van der Waals surface area contributed by atoms with Crippen LogP contribution in [0.1, 0.15) is 23.0 Å². The third-order valence-electron chi connectivity index (χ3n) is 3.47. The molecule has 134 valence electrons. The molecule has 0 aliphatic rings. The number of ketones is 1. The van der Waals surface area contributed by atoms with Crippen molar-refractivity contribution in [2.45, 2.75) is 13.5 Å². The maximum atomic E-state index is 13.5. The molecular formula is C16H17F2N3O3S. The van der Waals surface area contributed by atoms with Crippen molar-refractivity contribution in [2.24, 2.45) is 5.73 Å². The first-order valence-electron chi connectivity index (χ1n) is 7.41. The monoisotopic (exact) mass is 369 g/mol. The zero-order valence-corrected chi connectivity index (χ0v) is 14.3. The molecule has 1 aromatic heterocycles. The number of benzene rings is 1. The Morgan fingerprint density at radius 1 is 1.20 bits per heavy atom. The van der Waals surface area contributed by atoms with Crippen molar-refractivity contribution in [3.8, 4) is 0 Å². The molecule has 1 heterocycles. The summed E-state index contributed by atoms with van der Waals surface area (Å²) >= 11 is 0. The molecule has 2 N–H and O–H groups in total. The number of carbonyl (C=O) groups excluding carboxylic acids is 1. The van der Waals surface area contributed by atoms with Crippen LogP contribution in [0.4, 0.5) is 14.5 Å². The molecule has 0 saturated heterocycles. The molecule has 0 aliphatic heterocycles. The first kappa shape index (κ1) is 18.9. The van der Waals surface area contributed by atoms with Crippen molar-refractivity contribution in [3.05, 3.63) is 59.4 Å². The van der Waals surface area contributed by atoms with E-state index >= 15 is 0 Å². The number of aromatic nitrogens is 1. The molecule has 1 aromatic carbocycles. The van der Waals surface area contributed by atoms with Crippen molar-refractivity contribution in [1.29, 1.82) is 0 Å². The quantitative estimate of drug-likeness (QED) is 0.752. The van der Waals surface area contributed by atoms with Crippen LogP contribution < -0.4 is 10.0 Å². The highest BCUT2D eigenvalue weighted by atomic mass is 32.2. The van der Waals surface area contributed by atoms with Gasteiger partial charge in [0.15, 0.2) is 5.78 Å². The van der Waals surface area contributed by atoms with E-state index in [1.54, 1.807) is 0 Å². The van der Waals surface area contributed by atoms with Crippen LogP contribution in [-0.2, 0) is 16.6 Å². The number of carbonyl (C=O) groups is 1. The predicted octanol–water partition coefficient (Wildman–Crippen LogP) is 1.86. The van der Waals surface area contributed by atoms with E-state index in [9.17, 15) is 22.0 Å². The fraction of sp³-hybridized carbons (Fsp3) is 0.250. The average Bonchev–Trinajstić information content (AvgIpc) is 2.58. The summed E-state index contributed by atoms with van der Waals surface area (Å²) in [5, 5.41) is 0. The summed E-state index contributed by atoms with van der Waals surface area (Å²) in [6, 6.07) is 5.47. The van der Waals surface area contributed by atoms with Crippen LogP contribution in [0.25, 0.3) is 0 Å². The summed E-state index contributed by atoms with van der Waals surface area (Å²) in [7, 11) is -3.80. The number of hydrogen-bond acceptors (Lipinski definition) is 5. The Bertz CT molecular complexity index is 850. The van der Waals surface area contributed by atoms with E-state index in [1.165, 1.54) is 25.3 Å². The number of hydrogen-bond donors (Lipinski definition) is 1. The molecule has 6 nitrogen and oxygen atoms in total. The maximum Gasteiger partial charge on any atom is 0.235 e. The third kappa shape index (κ3) is 4.58. The van der Waals surface area contributed by atoms with Gasteiger partial charge in [0.05, 0.1) is 30.2 Å². The van der Waals surface area contributed by atoms with E-state index in [2.05, 4.69) is 4.98 Å². The topological polar surface area (TPSA) is 93.4 Å². The first-order valence-corrected chi connectivity index (χ1v) is 9.02. The van der Waals surface area contributed by atoms with Gasteiger partial charge in [-0.1, -0.05) is 0 Å². The number of rotatable bonds is 7. The summed E-state index contributed by atoms with van der Waals surface area (Å²) in [6.45, 7) is 1.03. The summed E-state index contributed by atoms with van der Waals surface area (Å²) in [6.07, 6.45) is 1.29. The molecule has 0 spiro atoms. The third-order valence-corrected chi connectivity index (χ3v) is 5.21. The molecule has 0 aliphatic carbocycles. The lowest BCUT2D eigenvalue weighted by Crippen LogP contribution is -2.32. The number of anilines is 1. The Labute approximate surface area is 144 Å². The largest absolute Gasteiger partial charge is 0.324 e. The average molecular weight is 369 g/mol. The van der Waals surface area contributed by atoms with Crippen LogP contribution in [0.5, 0.6) is 0 Å². The first-order chi connectivity index (χ1) is 11.8. The molecule has 0 amide bonds. The number of nitrogens with zero attached hydrogens (tertiary/aromatic N) is 2. The van der Waals surface area contributed by atoms with Crippen LogP contribution in [0.2, 0.25) is 0 Å². The molecular weight excluding hydrogens is 352 g/mol. The number of pyridine rings is 1. The van der Waals surface area contributed by atoms with Gasteiger partial charge in [0, 0.05) is 17.8 Å². The van der Waals surface area contributed by atoms with Gasteiger partial charge in [-0.05, 0) is 31.2 Å². The van der Waals surface area contributed by atoms with Gasteiger partial charge < -0.3 is 5.73 Å². The van der Waals surface area contributed by atoms with E-state index in [0.29, 0.717) is 17.3 Å². The standard InChI is InChI=1S/C16H17F2N3O3S/c1-2-25(23,24)21(15-6-12(17)5-13(18)7-15)10-14-4-3-11(9-20-14)16(22)8-19/h3-7,9H,2,8,10,19H2,1H3. The van der Waals surface area contributed by atoms with E-state index in [-0.39, 0.29) is 30.3 Å². The fourth-order valence-electron chi connectivity index (χ4n) is 2.14. The number of sulfonamides is 1. The van der Waals surface area contributed by atoms with Crippen molar-refractivity contribution >= 4 is 21.5 Å². The van der Waals surface area contributed by atoms with Gasteiger partial charge in [0.25, 0.3) is 0 Å². The molecule has 0 radical (unpaired) electrons. The molecule has 9 heteroatoms. The van der Waals surface area contributed by atoms with Gasteiger partial charge in [-0.25, -0.2) is 17.2 Å². The van der Waals surface area contributed by atoms with Crippen molar-refractivity contribution < 1.29 is 22.0 Å². The second-order valence-electron chi connectivity index (χ2n) is 5.20. The Hall–Kier alpha value is -2.39. The molecule has 2 aromatic rings. The zero-order chi connectivity index (χ0) is 18.6. The molecule has 25 heavy (non-hydrogen) atoms. The second-order valence-corrected chi connectivity index (χ2v) is 7.38. The molecule has 0 bridgehead atoms. The zero-order valence-electron chi connectivity index (χ0n) is 13.4. The maximum absolute atomic E-state index is 13.5. The van der Waals surface area contributed by atoms with E-state index < -0.39 is 21.7 Å². The Kier molecular flexibility index (Phi) is 5.81. The van der Waals surface area contributed by atoms with E-state index in [4.69, 9.17) is 5.73 Å². The van der Waals surface area contributed by atoms with Crippen LogP contribution in [0.3, 0.4) is 0 Å². The molecule has 2 rings (SSSR count). The number of halogens is 2. The highest BCUT2D eigenvalue weighted by molar-refractivity contribution is 7.92. The Balaban J connectivity index is 2.39. The fourth-order valence-corrected chi connectivity index (χ4v) is 3.20. The van der Waals surface area contributed by atoms with Crippen molar-refractivity contribution in [1.82, 2.24) is 4.98 Å². The van der Waals surface area contributed by atoms with Gasteiger partial charge in [-0.15, -0.1) is 0 Å². The van der Waals surface area contributed by atoms with Crippen molar-refractivity contribution in [3.63, 3.8) is 0 Å². The van der Waals surface area contributed by atoms with Gasteiger partial charge in [0.1, 0.15) is 11.6 Å². The SMILES string of the molecule is CCS(=O)(=O)N(Cc1ccc(C(=O)CN)cn1)c1cc(F)cc(F)c1. The minimum Gasteiger partial charge on any atom is -0.324 e. The summed E-state index contributed by atoms with van der Waals surface area (Å²) in [4.78, 5) is 15.5. The lowest BCUT2D eigenvalue weighted by atomic mass is 10.2. The molecule has 0 atom stereocenters. The predicted molar refractivity (Wildman–Crippen MR) is 89.6 cm³/mol. The van der Waals surface area contributed by atoms with Crippen LogP contribution >= 0.6 is 0 Å². The molecule has 0 unspecified atom stereocenters. The van der Waals surface area contributed by atoms with Gasteiger partial charge in [0.2, 0.25) is 10.0 Å². The summed E-state index contributed by atoms with van der Waals surface area (Å²) < 4.78 is 52.5. The summed E-state index contributed by atoms with van der Waals surface area (Å²) in [5.41, 5.74) is 5.74. The highest BCUT2D eigenvalue weighted by Crippen LogP contribution is 2.23. The number of nitrogens with two attached hydrogens (primary N) is 1. The smallest absolute Gasteiger partial charge is 0.235 e. The lowest BCUT2D eigenvalue weighted by molar-refractivity contribution is 0.100. The lowest BCUT2D eigenvalue weighted by Gasteiger charge is -2.23. The highest BCUT2D eigenvalue weighted by Gasteiger charge is 2.23. The van der Waals surface area contributed by atoms with Crippen LogP contribution in [0, 0.1) is 11.6 Å². The van der Waals surface area contributed by atoms with Crippen LogP contribution in [0.15, 0.2) is 36.5 Å².